The average Bonchev–Trinajstić information content (AvgIpc) is 2.54. The Morgan fingerprint density at radius 1 is 1.24 bits per heavy atom. The zero-order chi connectivity index (χ0) is 14.9. The summed E-state index contributed by atoms with van der Waals surface area (Å²) in [4.78, 5) is 0. The van der Waals surface area contributed by atoms with E-state index < -0.39 is 6.10 Å². The largest absolute Gasteiger partial charge is 0.491 e. The molecule has 1 aliphatic rings. The van der Waals surface area contributed by atoms with E-state index in [1.165, 1.54) is 32.1 Å². The maximum absolute atomic E-state index is 9.90. The van der Waals surface area contributed by atoms with Crippen LogP contribution in [0.25, 0.3) is 0 Å². The minimum Gasteiger partial charge on any atom is -0.491 e. The fraction of sp³-hybridized carbons (Fsp3) is 0.588. The van der Waals surface area contributed by atoms with Crippen LogP contribution < -0.4 is 10.1 Å². The Bertz CT molecular complexity index is 447. The van der Waals surface area contributed by atoms with Crippen molar-refractivity contribution in [3.05, 3.63) is 29.8 Å². The summed E-state index contributed by atoms with van der Waals surface area (Å²) in [5.74, 6) is 1.45. The highest BCUT2D eigenvalue weighted by atomic mass is 16.5. The van der Waals surface area contributed by atoms with E-state index in [0.29, 0.717) is 17.9 Å². The molecule has 0 aliphatic heterocycles. The van der Waals surface area contributed by atoms with Crippen molar-refractivity contribution >= 4 is 0 Å². The molecule has 1 aromatic rings. The standard InChI is InChI=1S/C17H24N2O2/c18-10-14-6-8-17(9-7-14)21-13-16(20)12-19-11-15-4-2-1-3-5-15/h6-9,15-16,19-20H,1-5,11-13H2. The summed E-state index contributed by atoms with van der Waals surface area (Å²) < 4.78 is 5.51. The first-order valence-electron chi connectivity index (χ1n) is 7.79. The molecule has 0 saturated heterocycles. The maximum atomic E-state index is 9.90. The van der Waals surface area contributed by atoms with E-state index in [2.05, 4.69) is 11.4 Å². The molecule has 114 valence electrons. The lowest BCUT2D eigenvalue weighted by atomic mass is 9.89. The molecule has 1 aliphatic carbocycles. The molecule has 4 heteroatoms. The van der Waals surface area contributed by atoms with Crippen molar-refractivity contribution in [1.29, 1.82) is 5.26 Å². The van der Waals surface area contributed by atoms with Gasteiger partial charge in [-0.3, -0.25) is 0 Å². The van der Waals surface area contributed by atoms with E-state index in [1.54, 1.807) is 24.3 Å². The zero-order valence-corrected chi connectivity index (χ0v) is 12.4. The van der Waals surface area contributed by atoms with E-state index in [4.69, 9.17) is 10.00 Å². The van der Waals surface area contributed by atoms with Gasteiger partial charge in [-0.1, -0.05) is 19.3 Å². The number of ether oxygens (including phenoxy) is 1. The SMILES string of the molecule is N#Cc1ccc(OCC(O)CNCC2CCCCC2)cc1. The second kappa shape index (κ2) is 8.66. The van der Waals surface area contributed by atoms with Crippen LogP contribution in [0, 0.1) is 17.2 Å². The lowest BCUT2D eigenvalue weighted by molar-refractivity contribution is 0.105. The van der Waals surface area contributed by atoms with Crippen molar-refractivity contribution in [2.45, 2.75) is 38.2 Å². The molecule has 0 heterocycles. The molecule has 1 atom stereocenters. The van der Waals surface area contributed by atoms with Crippen LogP contribution in [0.2, 0.25) is 0 Å². The van der Waals surface area contributed by atoms with Crippen molar-refractivity contribution in [2.24, 2.45) is 5.92 Å². The van der Waals surface area contributed by atoms with Crippen LogP contribution >= 0.6 is 0 Å². The maximum Gasteiger partial charge on any atom is 0.119 e. The van der Waals surface area contributed by atoms with Gasteiger partial charge in [0.25, 0.3) is 0 Å². The predicted molar refractivity (Wildman–Crippen MR) is 82.1 cm³/mol. The predicted octanol–water partition coefficient (Wildman–Crippen LogP) is 2.47. The van der Waals surface area contributed by atoms with Crippen LogP contribution in [0.1, 0.15) is 37.7 Å². The molecule has 0 spiro atoms. The highest BCUT2D eigenvalue weighted by Crippen LogP contribution is 2.22. The topological polar surface area (TPSA) is 65.3 Å². The number of hydrogen-bond acceptors (Lipinski definition) is 4. The number of rotatable bonds is 7. The lowest BCUT2D eigenvalue weighted by Gasteiger charge is -2.22. The van der Waals surface area contributed by atoms with Crippen LogP contribution in [0.4, 0.5) is 0 Å². The first-order chi connectivity index (χ1) is 10.3. The molecule has 1 aromatic carbocycles. The molecule has 0 radical (unpaired) electrons. The van der Waals surface area contributed by atoms with Gasteiger partial charge in [0, 0.05) is 6.54 Å². The fourth-order valence-corrected chi connectivity index (χ4v) is 2.72. The number of hydrogen-bond donors (Lipinski definition) is 2. The van der Waals surface area contributed by atoms with Gasteiger partial charge in [-0.2, -0.15) is 5.26 Å². The van der Waals surface area contributed by atoms with Crippen LogP contribution in [-0.4, -0.2) is 30.9 Å². The van der Waals surface area contributed by atoms with Crippen molar-refractivity contribution in [3.8, 4) is 11.8 Å². The molecule has 0 bridgehead atoms. The monoisotopic (exact) mass is 288 g/mol. The summed E-state index contributed by atoms with van der Waals surface area (Å²) in [7, 11) is 0. The Hall–Kier alpha value is -1.57. The van der Waals surface area contributed by atoms with Gasteiger partial charge in [0.1, 0.15) is 18.5 Å². The van der Waals surface area contributed by atoms with Crippen LogP contribution in [0.5, 0.6) is 5.75 Å². The summed E-state index contributed by atoms with van der Waals surface area (Å²) in [6, 6.07) is 8.99. The summed E-state index contributed by atoms with van der Waals surface area (Å²) in [5, 5.41) is 21.9. The molecule has 21 heavy (non-hydrogen) atoms. The summed E-state index contributed by atoms with van der Waals surface area (Å²) in [5.41, 5.74) is 0.608. The molecule has 2 rings (SSSR count). The molecule has 1 saturated carbocycles. The third-order valence-corrected chi connectivity index (χ3v) is 3.96. The van der Waals surface area contributed by atoms with Crippen molar-refractivity contribution in [3.63, 3.8) is 0 Å². The number of nitriles is 1. The molecule has 0 aromatic heterocycles. The first kappa shape index (κ1) is 15.8. The minimum absolute atomic E-state index is 0.267. The van der Waals surface area contributed by atoms with Gasteiger partial charge in [0.15, 0.2) is 0 Å². The van der Waals surface area contributed by atoms with Gasteiger partial charge in [0.2, 0.25) is 0 Å². The number of aliphatic hydroxyl groups excluding tert-OH is 1. The van der Waals surface area contributed by atoms with E-state index >= 15 is 0 Å². The molecule has 1 fully saturated rings. The molecular weight excluding hydrogens is 264 g/mol. The van der Waals surface area contributed by atoms with Crippen LogP contribution in [0.3, 0.4) is 0 Å². The minimum atomic E-state index is -0.510. The Kier molecular flexibility index (Phi) is 6.52. The second-order valence-electron chi connectivity index (χ2n) is 5.76. The smallest absolute Gasteiger partial charge is 0.119 e. The lowest BCUT2D eigenvalue weighted by Crippen LogP contribution is -2.34. The quantitative estimate of drug-likeness (QED) is 0.809. The zero-order valence-electron chi connectivity index (χ0n) is 12.4. The van der Waals surface area contributed by atoms with Gasteiger partial charge >= 0.3 is 0 Å². The van der Waals surface area contributed by atoms with E-state index in [1.807, 2.05) is 0 Å². The average molecular weight is 288 g/mol. The van der Waals surface area contributed by atoms with E-state index in [0.717, 1.165) is 12.5 Å². The number of benzene rings is 1. The van der Waals surface area contributed by atoms with Crippen molar-refractivity contribution in [2.75, 3.05) is 19.7 Å². The van der Waals surface area contributed by atoms with Gasteiger partial charge < -0.3 is 15.2 Å². The summed E-state index contributed by atoms with van der Waals surface area (Å²) in [6.45, 7) is 1.82. The third-order valence-electron chi connectivity index (χ3n) is 3.96. The first-order valence-corrected chi connectivity index (χ1v) is 7.79. The molecule has 1 unspecified atom stereocenters. The normalized spacial score (nSPS) is 17.1. The van der Waals surface area contributed by atoms with Gasteiger partial charge in [-0.15, -0.1) is 0 Å². The highest BCUT2D eigenvalue weighted by Gasteiger charge is 2.13. The number of nitrogens with zero attached hydrogens (tertiary/aromatic N) is 1. The number of nitrogens with one attached hydrogen (secondary N) is 1. The molecule has 2 N–H and O–H groups in total. The Balaban J connectivity index is 1.60. The fourth-order valence-electron chi connectivity index (χ4n) is 2.72. The summed E-state index contributed by atoms with van der Waals surface area (Å²) >= 11 is 0. The van der Waals surface area contributed by atoms with Crippen molar-refractivity contribution in [1.82, 2.24) is 5.32 Å². The Morgan fingerprint density at radius 2 is 1.95 bits per heavy atom. The van der Waals surface area contributed by atoms with Gasteiger partial charge in [-0.25, -0.2) is 0 Å². The third kappa shape index (κ3) is 5.74. The van der Waals surface area contributed by atoms with E-state index in [9.17, 15) is 5.11 Å². The molecule has 4 nitrogen and oxygen atoms in total. The van der Waals surface area contributed by atoms with E-state index in [-0.39, 0.29) is 6.61 Å². The summed E-state index contributed by atoms with van der Waals surface area (Å²) in [6.07, 6.45) is 6.17. The Morgan fingerprint density at radius 3 is 2.62 bits per heavy atom. The van der Waals surface area contributed by atoms with Crippen LogP contribution in [-0.2, 0) is 0 Å². The Labute approximate surface area is 126 Å². The van der Waals surface area contributed by atoms with Crippen molar-refractivity contribution < 1.29 is 9.84 Å². The van der Waals surface area contributed by atoms with Gasteiger partial charge in [0.05, 0.1) is 11.6 Å². The van der Waals surface area contributed by atoms with Gasteiger partial charge in [-0.05, 0) is 49.6 Å². The molecular formula is C17H24N2O2. The second-order valence-corrected chi connectivity index (χ2v) is 5.76. The number of aliphatic hydroxyl groups is 1. The van der Waals surface area contributed by atoms with Crippen LogP contribution in [0.15, 0.2) is 24.3 Å². The molecule has 0 amide bonds. The highest BCUT2D eigenvalue weighted by molar-refractivity contribution is 5.34.